The van der Waals surface area contributed by atoms with Gasteiger partial charge < -0.3 is 10.6 Å². The van der Waals surface area contributed by atoms with Gasteiger partial charge >= 0.3 is 0 Å². The van der Waals surface area contributed by atoms with Crippen LogP contribution in [0.2, 0.25) is 0 Å². The first-order chi connectivity index (χ1) is 13.6. The van der Waals surface area contributed by atoms with Crippen LogP contribution in [0.5, 0.6) is 0 Å². The minimum atomic E-state index is -0.531. The topological polar surface area (TPSA) is 118 Å². The van der Waals surface area contributed by atoms with E-state index in [4.69, 9.17) is 5.73 Å². The van der Waals surface area contributed by atoms with Crippen molar-refractivity contribution in [1.29, 1.82) is 0 Å². The van der Waals surface area contributed by atoms with E-state index in [1.165, 1.54) is 12.5 Å². The Bertz CT molecular complexity index is 993. The van der Waals surface area contributed by atoms with Crippen molar-refractivity contribution in [3.05, 3.63) is 66.0 Å². The fraction of sp³-hybridized carbons (Fsp3) is 0.250. The summed E-state index contributed by atoms with van der Waals surface area (Å²) in [6, 6.07) is 9.03. The summed E-state index contributed by atoms with van der Waals surface area (Å²) < 4.78 is 0. The number of pyridine rings is 1. The van der Waals surface area contributed by atoms with Gasteiger partial charge in [0.05, 0.1) is 5.56 Å². The van der Waals surface area contributed by atoms with Crippen LogP contribution in [0, 0.1) is 0 Å². The molecule has 0 aliphatic carbocycles. The lowest BCUT2D eigenvalue weighted by Crippen LogP contribution is -2.38. The highest BCUT2D eigenvalue weighted by molar-refractivity contribution is 5.96. The maximum atomic E-state index is 13.0. The molecule has 3 heterocycles. The Morgan fingerprint density at radius 2 is 1.86 bits per heavy atom. The van der Waals surface area contributed by atoms with E-state index < -0.39 is 5.91 Å². The number of likely N-dealkylation sites (tertiary alicyclic amines) is 1. The number of primary amides is 1. The Morgan fingerprint density at radius 3 is 2.57 bits per heavy atom. The molecule has 28 heavy (non-hydrogen) atoms. The summed E-state index contributed by atoms with van der Waals surface area (Å²) in [6.07, 6.45) is 6.30. The first-order valence-corrected chi connectivity index (χ1v) is 9.11. The highest BCUT2D eigenvalue weighted by atomic mass is 16.2. The van der Waals surface area contributed by atoms with Crippen LogP contribution in [-0.2, 0) is 0 Å². The van der Waals surface area contributed by atoms with Crippen LogP contribution in [-0.4, -0.2) is 50.0 Å². The standard InChI is InChI=1S/C20H20N6O2/c21-18(27)17-9-16(10-22-11-17)14-2-1-3-15(8-14)20(28)26-6-4-13(5-7-26)19-23-12-24-25-19/h1-3,8-13H,4-7H2,(H2,21,27)(H,23,24,25). The fourth-order valence-corrected chi connectivity index (χ4v) is 3.51. The van der Waals surface area contributed by atoms with Crippen molar-refractivity contribution in [3.8, 4) is 11.1 Å². The van der Waals surface area contributed by atoms with Crippen molar-refractivity contribution < 1.29 is 9.59 Å². The predicted molar refractivity (Wildman–Crippen MR) is 102 cm³/mol. The summed E-state index contributed by atoms with van der Waals surface area (Å²) >= 11 is 0. The summed E-state index contributed by atoms with van der Waals surface area (Å²) in [5.74, 6) is 0.657. The molecular weight excluding hydrogens is 356 g/mol. The first-order valence-electron chi connectivity index (χ1n) is 9.11. The summed E-state index contributed by atoms with van der Waals surface area (Å²) in [5.41, 5.74) is 7.84. The first kappa shape index (κ1) is 17.8. The number of nitrogens with two attached hydrogens (primary N) is 1. The molecule has 1 fully saturated rings. The van der Waals surface area contributed by atoms with Crippen LogP contribution in [0.1, 0.15) is 45.3 Å². The predicted octanol–water partition coefficient (Wildman–Crippen LogP) is 1.99. The van der Waals surface area contributed by atoms with Crippen LogP contribution < -0.4 is 5.73 Å². The number of piperidine rings is 1. The Kier molecular flexibility index (Phi) is 4.84. The number of nitrogens with zero attached hydrogens (tertiary/aromatic N) is 4. The average molecular weight is 376 g/mol. The Morgan fingerprint density at radius 1 is 1.07 bits per heavy atom. The van der Waals surface area contributed by atoms with Gasteiger partial charge in [-0.25, -0.2) is 4.98 Å². The summed E-state index contributed by atoms with van der Waals surface area (Å²) in [5, 5.41) is 6.82. The highest BCUT2D eigenvalue weighted by Crippen LogP contribution is 2.27. The SMILES string of the molecule is NC(=O)c1cncc(-c2cccc(C(=O)N3CCC(c4ncn[nH]4)CC3)c2)c1. The van der Waals surface area contributed by atoms with E-state index in [-0.39, 0.29) is 5.91 Å². The van der Waals surface area contributed by atoms with E-state index in [9.17, 15) is 9.59 Å². The molecule has 2 amide bonds. The van der Waals surface area contributed by atoms with Gasteiger partial charge in [0.15, 0.2) is 0 Å². The van der Waals surface area contributed by atoms with Crippen molar-refractivity contribution in [2.75, 3.05) is 13.1 Å². The van der Waals surface area contributed by atoms with E-state index in [1.807, 2.05) is 23.1 Å². The van der Waals surface area contributed by atoms with Crippen molar-refractivity contribution in [2.45, 2.75) is 18.8 Å². The lowest BCUT2D eigenvalue weighted by atomic mass is 9.95. The molecule has 0 radical (unpaired) electrons. The molecule has 1 saturated heterocycles. The smallest absolute Gasteiger partial charge is 0.253 e. The van der Waals surface area contributed by atoms with Gasteiger partial charge in [0.2, 0.25) is 5.91 Å². The number of amides is 2. The summed E-state index contributed by atoms with van der Waals surface area (Å²) in [6.45, 7) is 1.35. The van der Waals surface area contributed by atoms with E-state index in [0.29, 0.717) is 30.1 Å². The molecular formula is C20H20N6O2. The van der Waals surface area contributed by atoms with Crippen molar-refractivity contribution in [1.82, 2.24) is 25.1 Å². The molecule has 142 valence electrons. The van der Waals surface area contributed by atoms with Gasteiger partial charge in [-0.1, -0.05) is 12.1 Å². The van der Waals surface area contributed by atoms with Gasteiger partial charge in [0.1, 0.15) is 12.2 Å². The Labute approximate surface area is 161 Å². The third kappa shape index (κ3) is 3.62. The molecule has 0 bridgehead atoms. The zero-order chi connectivity index (χ0) is 19.5. The second-order valence-electron chi connectivity index (χ2n) is 6.84. The molecule has 1 aliphatic heterocycles. The number of hydrogen-bond donors (Lipinski definition) is 2. The number of aromatic nitrogens is 4. The molecule has 0 atom stereocenters. The van der Waals surface area contributed by atoms with Gasteiger partial charge in [-0.15, -0.1) is 0 Å². The molecule has 1 aliphatic rings. The van der Waals surface area contributed by atoms with Crippen LogP contribution in [0.25, 0.3) is 11.1 Å². The number of rotatable bonds is 4. The Hall–Kier alpha value is -3.55. The number of aromatic amines is 1. The van der Waals surface area contributed by atoms with Gasteiger partial charge in [-0.2, -0.15) is 5.10 Å². The van der Waals surface area contributed by atoms with Gasteiger partial charge in [-0.3, -0.25) is 19.7 Å². The monoisotopic (exact) mass is 376 g/mol. The van der Waals surface area contributed by atoms with Crippen molar-refractivity contribution >= 4 is 11.8 Å². The summed E-state index contributed by atoms with van der Waals surface area (Å²) in [4.78, 5) is 34.5. The third-order valence-corrected chi connectivity index (χ3v) is 5.07. The summed E-state index contributed by atoms with van der Waals surface area (Å²) in [7, 11) is 0. The molecule has 0 saturated carbocycles. The lowest BCUT2D eigenvalue weighted by Gasteiger charge is -2.31. The van der Waals surface area contributed by atoms with E-state index in [1.54, 1.807) is 18.3 Å². The average Bonchev–Trinajstić information content (AvgIpc) is 3.28. The van der Waals surface area contributed by atoms with Crippen LogP contribution in [0.4, 0.5) is 0 Å². The lowest BCUT2D eigenvalue weighted by molar-refractivity contribution is 0.0711. The van der Waals surface area contributed by atoms with Gasteiger partial charge in [-0.05, 0) is 36.6 Å². The van der Waals surface area contributed by atoms with E-state index >= 15 is 0 Å². The molecule has 8 nitrogen and oxygen atoms in total. The number of benzene rings is 1. The number of carbonyl (C=O) groups excluding carboxylic acids is 2. The molecule has 8 heteroatoms. The van der Waals surface area contributed by atoms with E-state index in [0.717, 1.165) is 29.8 Å². The zero-order valence-corrected chi connectivity index (χ0v) is 15.2. The fourth-order valence-electron chi connectivity index (χ4n) is 3.51. The zero-order valence-electron chi connectivity index (χ0n) is 15.2. The molecule has 2 aromatic heterocycles. The second-order valence-corrected chi connectivity index (χ2v) is 6.84. The largest absolute Gasteiger partial charge is 0.366 e. The van der Waals surface area contributed by atoms with Crippen LogP contribution in [0.3, 0.4) is 0 Å². The van der Waals surface area contributed by atoms with E-state index in [2.05, 4.69) is 20.2 Å². The number of nitrogens with one attached hydrogen (secondary N) is 1. The quantitative estimate of drug-likeness (QED) is 0.722. The van der Waals surface area contributed by atoms with Crippen LogP contribution in [0.15, 0.2) is 49.1 Å². The third-order valence-electron chi connectivity index (χ3n) is 5.07. The molecule has 3 N–H and O–H groups in total. The minimum Gasteiger partial charge on any atom is -0.366 e. The molecule has 0 spiro atoms. The highest BCUT2D eigenvalue weighted by Gasteiger charge is 2.26. The maximum Gasteiger partial charge on any atom is 0.253 e. The molecule has 3 aromatic rings. The van der Waals surface area contributed by atoms with Crippen molar-refractivity contribution in [3.63, 3.8) is 0 Å². The molecule has 1 aromatic carbocycles. The second kappa shape index (κ2) is 7.59. The number of H-pyrrole nitrogens is 1. The van der Waals surface area contributed by atoms with Gasteiger partial charge in [0.25, 0.3) is 5.91 Å². The maximum absolute atomic E-state index is 13.0. The molecule has 4 rings (SSSR count). The molecule has 0 unspecified atom stereocenters. The van der Waals surface area contributed by atoms with Gasteiger partial charge in [0, 0.05) is 42.5 Å². The van der Waals surface area contributed by atoms with Crippen molar-refractivity contribution in [2.24, 2.45) is 5.73 Å². The van der Waals surface area contributed by atoms with Crippen LogP contribution >= 0.6 is 0 Å². The normalized spacial score (nSPS) is 14.8. The Balaban J connectivity index is 1.49. The number of carbonyl (C=O) groups is 2. The number of hydrogen-bond acceptors (Lipinski definition) is 5. The minimum absolute atomic E-state index is 0.00288.